The van der Waals surface area contributed by atoms with Gasteiger partial charge < -0.3 is 15.3 Å². The first-order chi connectivity index (χ1) is 7.12. The second-order valence-corrected chi connectivity index (χ2v) is 3.37. The highest BCUT2D eigenvalue weighted by Crippen LogP contribution is 1.86. The lowest BCUT2D eigenvalue weighted by atomic mass is 10.4. The summed E-state index contributed by atoms with van der Waals surface area (Å²) >= 11 is 5.24. The third kappa shape index (κ3) is 16.5. The van der Waals surface area contributed by atoms with Crippen LogP contribution in [-0.4, -0.2) is 65.6 Å². The van der Waals surface area contributed by atoms with Gasteiger partial charge in [-0.2, -0.15) is 0 Å². The molecule has 0 heterocycles. The molecular weight excluding hydrogens is 218 g/mol. The van der Waals surface area contributed by atoms with Crippen LogP contribution < -0.4 is 0 Å². The highest BCUT2D eigenvalue weighted by atomic mass is 35.5. The topological polar surface area (TPSA) is 63.9 Å². The Morgan fingerprint density at radius 1 is 1.07 bits per heavy atom. The Balaban J connectivity index is 0. The first-order valence-corrected chi connectivity index (χ1v) is 5.41. The standard InChI is InChI=1S/C6H15NO3.C4H7Cl/c8-4-1-7(2-5-9)3-6-10;1-4(2)3-5/h8-10H,1-6H2;1,3H2,2H3. The van der Waals surface area contributed by atoms with E-state index in [1.54, 1.807) is 4.90 Å². The Hall–Kier alpha value is -0.130. The van der Waals surface area contributed by atoms with Gasteiger partial charge in [-0.15, -0.1) is 11.6 Å². The molecule has 5 heteroatoms. The SMILES string of the molecule is C=C(C)CCl.OCCN(CCO)CCO. The predicted molar refractivity (Wildman–Crippen MR) is 63.2 cm³/mol. The molecule has 0 bridgehead atoms. The molecule has 0 aromatic carbocycles. The van der Waals surface area contributed by atoms with E-state index < -0.39 is 0 Å². The minimum atomic E-state index is 0.0694. The lowest BCUT2D eigenvalue weighted by Crippen LogP contribution is -2.32. The molecule has 0 aliphatic carbocycles. The molecule has 0 rings (SSSR count). The summed E-state index contributed by atoms with van der Waals surface area (Å²) in [6.07, 6.45) is 0. The molecule has 0 saturated heterocycles. The summed E-state index contributed by atoms with van der Waals surface area (Å²) in [7, 11) is 0. The third-order valence-electron chi connectivity index (χ3n) is 1.48. The maximum absolute atomic E-state index is 8.48. The quantitative estimate of drug-likeness (QED) is 0.435. The predicted octanol–water partition coefficient (Wildman–Crippen LogP) is 0.0666. The van der Waals surface area contributed by atoms with E-state index in [9.17, 15) is 0 Å². The zero-order valence-electron chi connectivity index (χ0n) is 9.32. The Kier molecular flexibility index (Phi) is 16.0. The van der Waals surface area contributed by atoms with Crippen molar-refractivity contribution in [3.63, 3.8) is 0 Å². The monoisotopic (exact) mass is 239 g/mol. The van der Waals surface area contributed by atoms with Crippen molar-refractivity contribution in [3.8, 4) is 0 Å². The molecule has 3 N–H and O–H groups in total. The van der Waals surface area contributed by atoms with Crippen molar-refractivity contribution in [3.05, 3.63) is 12.2 Å². The average Bonchev–Trinajstić information content (AvgIpc) is 2.20. The molecule has 0 spiro atoms. The number of aliphatic hydroxyl groups excluding tert-OH is 3. The van der Waals surface area contributed by atoms with E-state index in [0.29, 0.717) is 25.5 Å². The van der Waals surface area contributed by atoms with Crippen LogP contribution in [0.4, 0.5) is 0 Å². The van der Waals surface area contributed by atoms with E-state index >= 15 is 0 Å². The molecule has 0 saturated carbocycles. The number of alkyl halides is 1. The van der Waals surface area contributed by atoms with Crippen LogP contribution in [0.25, 0.3) is 0 Å². The molecule has 15 heavy (non-hydrogen) atoms. The minimum absolute atomic E-state index is 0.0694. The third-order valence-corrected chi connectivity index (χ3v) is 1.93. The lowest BCUT2D eigenvalue weighted by Gasteiger charge is -2.17. The highest BCUT2D eigenvalue weighted by molar-refractivity contribution is 6.19. The molecule has 0 fully saturated rings. The number of halogens is 1. The number of allylic oxidation sites excluding steroid dienone is 1. The fraction of sp³-hybridized carbons (Fsp3) is 0.800. The van der Waals surface area contributed by atoms with Crippen molar-refractivity contribution < 1.29 is 15.3 Å². The normalized spacial score (nSPS) is 9.73. The lowest BCUT2D eigenvalue weighted by molar-refractivity contribution is 0.136. The number of rotatable bonds is 7. The van der Waals surface area contributed by atoms with Crippen molar-refractivity contribution in [2.45, 2.75) is 6.92 Å². The van der Waals surface area contributed by atoms with Crippen molar-refractivity contribution in [2.24, 2.45) is 0 Å². The zero-order chi connectivity index (χ0) is 12.1. The van der Waals surface area contributed by atoms with Gasteiger partial charge in [-0.25, -0.2) is 0 Å². The van der Waals surface area contributed by atoms with Gasteiger partial charge in [-0.1, -0.05) is 12.2 Å². The van der Waals surface area contributed by atoms with E-state index in [4.69, 9.17) is 26.9 Å². The van der Waals surface area contributed by atoms with Crippen LogP contribution in [0.5, 0.6) is 0 Å². The van der Waals surface area contributed by atoms with Crippen molar-refractivity contribution in [1.29, 1.82) is 0 Å². The molecule has 4 nitrogen and oxygen atoms in total. The molecule has 0 aliphatic heterocycles. The van der Waals surface area contributed by atoms with E-state index in [2.05, 4.69) is 6.58 Å². The van der Waals surface area contributed by atoms with Gasteiger partial charge in [0.25, 0.3) is 0 Å². The first kappa shape index (κ1) is 17.3. The van der Waals surface area contributed by atoms with Gasteiger partial charge >= 0.3 is 0 Å². The van der Waals surface area contributed by atoms with Gasteiger partial charge in [0.05, 0.1) is 19.8 Å². The summed E-state index contributed by atoms with van der Waals surface area (Å²) < 4.78 is 0. The summed E-state index contributed by atoms with van der Waals surface area (Å²) in [6, 6.07) is 0. The van der Waals surface area contributed by atoms with Crippen LogP contribution in [0.3, 0.4) is 0 Å². The highest BCUT2D eigenvalue weighted by Gasteiger charge is 2.00. The molecule has 0 aliphatic rings. The molecule has 0 aromatic heterocycles. The smallest absolute Gasteiger partial charge is 0.0558 e. The van der Waals surface area contributed by atoms with Crippen LogP contribution in [0.15, 0.2) is 12.2 Å². The second kappa shape index (κ2) is 13.9. The maximum atomic E-state index is 8.48. The van der Waals surface area contributed by atoms with Crippen molar-refractivity contribution in [2.75, 3.05) is 45.3 Å². The molecule has 92 valence electrons. The van der Waals surface area contributed by atoms with Crippen molar-refractivity contribution in [1.82, 2.24) is 4.90 Å². The maximum Gasteiger partial charge on any atom is 0.0558 e. The molecular formula is C10H22ClNO3. The largest absolute Gasteiger partial charge is 0.395 e. The van der Waals surface area contributed by atoms with E-state index in [1.165, 1.54) is 0 Å². The van der Waals surface area contributed by atoms with Crippen molar-refractivity contribution >= 4 is 11.6 Å². The molecule has 0 amide bonds. The molecule has 0 aromatic rings. The van der Waals surface area contributed by atoms with Crippen LogP contribution in [0.2, 0.25) is 0 Å². The zero-order valence-corrected chi connectivity index (χ0v) is 10.1. The van der Waals surface area contributed by atoms with Gasteiger partial charge in [-0.3, -0.25) is 4.90 Å². The van der Waals surface area contributed by atoms with E-state index in [0.717, 1.165) is 5.57 Å². The first-order valence-electron chi connectivity index (χ1n) is 4.87. The minimum Gasteiger partial charge on any atom is -0.395 e. The van der Waals surface area contributed by atoms with E-state index in [-0.39, 0.29) is 19.8 Å². The second-order valence-electron chi connectivity index (χ2n) is 3.10. The van der Waals surface area contributed by atoms with E-state index in [1.807, 2.05) is 6.92 Å². The van der Waals surface area contributed by atoms with Gasteiger partial charge in [-0.05, 0) is 6.92 Å². The van der Waals surface area contributed by atoms with Crippen LogP contribution >= 0.6 is 11.6 Å². The number of hydrogen-bond acceptors (Lipinski definition) is 4. The van der Waals surface area contributed by atoms with Crippen LogP contribution in [0.1, 0.15) is 6.92 Å². The Bertz CT molecular complexity index is 130. The average molecular weight is 240 g/mol. The van der Waals surface area contributed by atoms with Gasteiger partial charge in [0.2, 0.25) is 0 Å². The summed E-state index contributed by atoms with van der Waals surface area (Å²) in [5.74, 6) is 0.583. The summed E-state index contributed by atoms with van der Waals surface area (Å²) in [5.41, 5.74) is 1.02. The fourth-order valence-corrected chi connectivity index (χ4v) is 0.760. The molecule has 0 unspecified atom stereocenters. The molecule has 0 atom stereocenters. The molecule has 0 radical (unpaired) electrons. The fourth-order valence-electron chi connectivity index (χ4n) is 0.760. The van der Waals surface area contributed by atoms with Crippen LogP contribution in [0, 0.1) is 0 Å². The van der Waals surface area contributed by atoms with Gasteiger partial charge in [0.15, 0.2) is 0 Å². The number of hydrogen-bond donors (Lipinski definition) is 3. The number of nitrogens with zero attached hydrogens (tertiary/aromatic N) is 1. The number of aliphatic hydroxyl groups is 3. The Morgan fingerprint density at radius 2 is 1.33 bits per heavy atom. The Labute approximate surface area is 96.8 Å². The summed E-state index contributed by atoms with van der Waals surface area (Å²) in [4.78, 5) is 1.79. The van der Waals surface area contributed by atoms with Crippen LogP contribution in [-0.2, 0) is 0 Å². The summed E-state index contributed by atoms with van der Waals surface area (Å²) in [6.45, 7) is 7.19. The van der Waals surface area contributed by atoms with Gasteiger partial charge in [0, 0.05) is 25.5 Å². The Morgan fingerprint density at radius 3 is 1.47 bits per heavy atom. The summed E-state index contributed by atoms with van der Waals surface area (Å²) in [5, 5.41) is 25.5. The van der Waals surface area contributed by atoms with Gasteiger partial charge in [0.1, 0.15) is 0 Å².